The number of β-amino-alcohol motifs (C(OH)–C–C–N with tert-alkyl or cyclic N) is 1. The van der Waals surface area contributed by atoms with Gasteiger partial charge in [0.05, 0.1) is 17.6 Å². The monoisotopic (exact) mass is 361 g/mol. The lowest BCUT2D eigenvalue weighted by Crippen LogP contribution is -2.33. The molecule has 0 bridgehead atoms. The summed E-state index contributed by atoms with van der Waals surface area (Å²) >= 11 is 1.28. The van der Waals surface area contributed by atoms with E-state index in [0.29, 0.717) is 5.01 Å². The summed E-state index contributed by atoms with van der Waals surface area (Å²) in [5.74, 6) is -0.642. The highest BCUT2D eigenvalue weighted by Crippen LogP contribution is 2.24. The summed E-state index contributed by atoms with van der Waals surface area (Å²) in [4.78, 5) is 18.3. The molecule has 0 aliphatic carbocycles. The molecule has 23 heavy (non-hydrogen) atoms. The Hall–Kier alpha value is -1.03. The highest BCUT2D eigenvalue weighted by molar-refractivity contribution is 7.89. The maximum absolute atomic E-state index is 12.5. The van der Waals surface area contributed by atoms with E-state index < -0.39 is 22.0 Å². The number of aliphatic hydroxyl groups excluding tert-OH is 1. The van der Waals surface area contributed by atoms with Crippen molar-refractivity contribution in [3.8, 4) is 0 Å². The van der Waals surface area contributed by atoms with Gasteiger partial charge in [-0.2, -0.15) is 0 Å². The third-order valence-corrected chi connectivity index (χ3v) is 6.78. The molecule has 1 aromatic rings. The largest absolute Gasteiger partial charge is 0.391 e. The predicted octanol–water partition coefficient (Wildman–Crippen LogP) is 0.591. The zero-order valence-corrected chi connectivity index (χ0v) is 15.4. The topological polar surface area (TPSA) is 90.8 Å². The molecule has 1 saturated heterocycles. The van der Waals surface area contributed by atoms with Gasteiger partial charge in [-0.3, -0.25) is 4.79 Å². The zero-order chi connectivity index (χ0) is 17.4. The molecule has 1 aliphatic heterocycles. The Morgan fingerprint density at radius 1 is 1.48 bits per heavy atom. The third kappa shape index (κ3) is 4.09. The van der Waals surface area contributed by atoms with Crippen molar-refractivity contribution in [1.82, 2.24) is 14.2 Å². The van der Waals surface area contributed by atoms with Crippen molar-refractivity contribution >= 4 is 27.3 Å². The first kappa shape index (κ1) is 18.3. The Balaban J connectivity index is 2.06. The van der Waals surface area contributed by atoms with Crippen molar-refractivity contribution in [2.24, 2.45) is 5.92 Å². The third-order valence-electron chi connectivity index (χ3n) is 3.97. The van der Waals surface area contributed by atoms with Crippen LogP contribution in [-0.2, 0) is 10.0 Å². The van der Waals surface area contributed by atoms with Crippen LogP contribution in [0.15, 0.2) is 5.38 Å². The molecule has 9 heteroatoms. The Morgan fingerprint density at radius 3 is 2.65 bits per heavy atom. The van der Waals surface area contributed by atoms with Crippen LogP contribution in [0.2, 0.25) is 0 Å². The smallest absolute Gasteiger partial charge is 0.282 e. The van der Waals surface area contributed by atoms with Crippen molar-refractivity contribution in [3.05, 3.63) is 16.1 Å². The van der Waals surface area contributed by atoms with Crippen LogP contribution >= 0.6 is 11.3 Å². The van der Waals surface area contributed by atoms with Gasteiger partial charge in [0.25, 0.3) is 5.91 Å². The van der Waals surface area contributed by atoms with Crippen molar-refractivity contribution in [2.75, 3.05) is 32.9 Å². The molecule has 130 valence electrons. The molecule has 1 amide bonds. The van der Waals surface area contributed by atoms with E-state index in [4.69, 9.17) is 0 Å². The van der Waals surface area contributed by atoms with Crippen molar-refractivity contribution in [3.63, 3.8) is 0 Å². The van der Waals surface area contributed by atoms with Gasteiger partial charge in [-0.05, 0) is 5.92 Å². The number of aliphatic hydroxyl groups is 1. The summed E-state index contributed by atoms with van der Waals surface area (Å²) < 4.78 is 25.1. The molecule has 1 fully saturated rings. The van der Waals surface area contributed by atoms with Gasteiger partial charge in [0.1, 0.15) is 0 Å². The van der Waals surface area contributed by atoms with E-state index >= 15 is 0 Å². The highest BCUT2D eigenvalue weighted by atomic mass is 32.2. The number of hydrogen-bond donors (Lipinski definition) is 1. The zero-order valence-electron chi connectivity index (χ0n) is 13.8. The first-order chi connectivity index (χ1) is 10.6. The Morgan fingerprint density at radius 2 is 2.13 bits per heavy atom. The minimum Gasteiger partial charge on any atom is -0.391 e. The first-order valence-electron chi connectivity index (χ1n) is 7.44. The second-order valence-corrected chi connectivity index (χ2v) is 9.42. The van der Waals surface area contributed by atoms with Crippen LogP contribution in [0.25, 0.3) is 0 Å². The molecule has 0 radical (unpaired) electrons. The number of hydrogen-bond acceptors (Lipinski definition) is 6. The lowest BCUT2D eigenvalue weighted by atomic mass is 10.1. The van der Waals surface area contributed by atoms with E-state index in [0.717, 1.165) is 10.00 Å². The molecule has 7 nitrogen and oxygen atoms in total. The minimum absolute atomic E-state index is 0.142. The molecule has 1 N–H and O–H groups in total. The maximum atomic E-state index is 12.5. The summed E-state index contributed by atoms with van der Waals surface area (Å²) in [7, 11) is -0.491. The number of sulfonamides is 1. The van der Waals surface area contributed by atoms with Gasteiger partial charge in [-0.15, -0.1) is 11.3 Å². The minimum atomic E-state index is -3.41. The van der Waals surface area contributed by atoms with E-state index in [2.05, 4.69) is 4.98 Å². The van der Waals surface area contributed by atoms with E-state index in [1.165, 1.54) is 30.3 Å². The summed E-state index contributed by atoms with van der Waals surface area (Å²) in [6.07, 6.45) is -0.835. The number of likely N-dealkylation sites (tertiary alicyclic amines) is 1. The van der Waals surface area contributed by atoms with Gasteiger partial charge < -0.3 is 10.0 Å². The summed E-state index contributed by atoms with van der Waals surface area (Å²) in [5, 5.41) is 12.3. The van der Waals surface area contributed by atoms with Gasteiger partial charge in [0.2, 0.25) is 10.0 Å². The van der Waals surface area contributed by atoms with Crippen LogP contribution in [0, 0.1) is 5.92 Å². The molecule has 0 spiro atoms. The van der Waals surface area contributed by atoms with Gasteiger partial charge >= 0.3 is 0 Å². The summed E-state index contributed by atoms with van der Waals surface area (Å²) in [5.41, 5.74) is 0.866. The van der Waals surface area contributed by atoms with Gasteiger partial charge in [0, 0.05) is 38.5 Å². The number of amides is 1. The van der Waals surface area contributed by atoms with Gasteiger partial charge in [-0.1, -0.05) is 13.8 Å². The lowest BCUT2D eigenvalue weighted by Gasteiger charge is -2.17. The van der Waals surface area contributed by atoms with Gasteiger partial charge in [-0.25, -0.2) is 17.7 Å². The molecule has 1 aromatic heterocycles. The fourth-order valence-electron chi connectivity index (χ4n) is 2.39. The predicted molar refractivity (Wildman–Crippen MR) is 89.1 cm³/mol. The molecular weight excluding hydrogens is 338 g/mol. The molecule has 1 aliphatic rings. The molecule has 0 saturated carbocycles. The number of thiazole rings is 1. The molecule has 0 unspecified atom stereocenters. The second-order valence-electron chi connectivity index (χ2n) is 6.33. The van der Waals surface area contributed by atoms with Crippen molar-refractivity contribution in [1.29, 1.82) is 0 Å². The van der Waals surface area contributed by atoms with Crippen LogP contribution in [0.4, 0.5) is 0 Å². The van der Waals surface area contributed by atoms with Crippen LogP contribution in [-0.4, -0.2) is 72.7 Å². The molecule has 2 heterocycles. The first-order valence-corrected chi connectivity index (χ1v) is 9.93. The second kappa shape index (κ2) is 6.84. The maximum Gasteiger partial charge on any atom is 0.282 e. The molecule has 0 aromatic carbocycles. The lowest BCUT2D eigenvalue weighted by molar-refractivity contribution is 0.0764. The number of aromatic nitrogens is 1. The standard InChI is InChI=1S/C14H23N3O4S2/c1-9(2)11-7-22-13(15-11)14(19)17-5-10(12(18)6-17)8-23(20,21)16(3)4/h7,9-10,12,18H,5-6,8H2,1-4H3/t10-,12+/m0/s1. The summed E-state index contributed by atoms with van der Waals surface area (Å²) in [6, 6.07) is 0. The number of carbonyl (C=O) groups is 1. The number of carbonyl (C=O) groups excluding carboxylic acids is 1. The van der Waals surface area contributed by atoms with Crippen molar-refractivity contribution < 1.29 is 18.3 Å². The van der Waals surface area contributed by atoms with E-state index in [9.17, 15) is 18.3 Å². The number of nitrogens with zero attached hydrogens (tertiary/aromatic N) is 3. The van der Waals surface area contributed by atoms with Gasteiger partial charge in [0.15, 0.2) is 5.01 Å². The average Bonchev–Trinajstić information content (AvgIpc) is 3.05. The van der Waals surface area contributed by atoms with Crippen LogP contribution in [0.5, 0.6) is 0 Å². The fourth-order valence-corrected chi connectivity index (χ4v) is 4.50. The summed E-state index contributed by atoms with van der Waals surface area (Å²) in [6.45, 7) is 4.38. The Bertz CT molecular complexity index is 669. The highest BCUT2D eigenvalue weighted by Gasteiger charge is 2.38. The average molecular weight is 361 g/mol. The molecule has 2 atom stereocenters. The van der Waals surface area contributed by atoms with E-state index in [1.807, 2.05) is 19.2 Å². The van der Waals surface area contributed by atoms with Crippen LogP contribution in [0.1, 0.15) is 35.3 Å². The Kier molecular flexibility index (Phi) is 5.44. The van der Waals surface area contributed by atoms with E-state index in [-0.39, 0.29) is 30.7 Å². The van der Waals surface area contributed by atoms with Crippen molar-refractivity contribution in [2.45, 2.75) is 25.9 Å². The normalized spacial score (nSPS) is 22.3. The SMILES string of the molecule is CC(C)c1csc(C(=O)N2C[C@@H](CS(=O)(=O)N(C)C)[C@H](O)C2)n1. The fraction of sp³-hybridized carbons (Fsp3) is 0.714. The molecular formula is C14H23N3O4S2. The van der Waals surface area contributed by atoms with Crippen LogP contribution in [0.3, 0.4) is 0 Å². The number of rotatable bonds is 5. The Labute approximate surface area is 141 Å². The van der Waals surface area contributed by atoms with Crippen LogP contribution < -0.4 is 0 Å². The van der Waals surface area contributed by atoms with E-state index in [1.54, 1.807) is 0 Å². The molecule has 2 rings (SSSR count). The quantitative estimate of drug-likeness (QED) is 0.829.